The van der Waals surface area contributed by atoms with Gasteiger partial charge in [0.2, 0.25) is 5.91 Å². The molecule has 0 unspecified atom stereocenters. The van der Waals surface area contributed by atoms with Crippen molar-refractivity contribution in [1.29, 1.82) is 0 Å². The van der Waals surface area contributed by atoms with Crippen LogP contribution in [0.3, 0.4) is 0 Å². The van der Waals surface area contributed by atoms with Gasteiger partial charge in [-0.25, -0.2) is 8.42 Å². The number of carbonyl (C=O) groups excluding carboxylic acids is 1. The summed E-state index contributed by atoms with van der Waals surface area (Å²) in [4.78, 5) is 16.1. The van der Waals surface area contributed by atoms with Crippen molar-refractivity contribution in [2.24, 2.45) is 4.99 Å². The Morgan fingerprint density at radius 3 is 2.52 bits per heavy atom. The first-order valence-electron chi connectivity index (χ1n) is 7.03. The summed E-state index contributed by atoms with van der Waals surface area (Å²) in [6, 6.07) is 16.1. The molecule has 2 aromatic rings. The van der Waals surface area contributed by atoms with Crippen LogP contribution in [0.2, 0.25) is 0 Å². The zero-order chi connectivity index (χ0) is 16.3. The van der Waals surface area contributed by atoms with Gasteiger partial charge in [0.1, 0.15) is 12.4 Å². The number of hydrogen-bond acceptors (Lipinski definition) is 4. The molecule has 118 valence electrons. The lowest BCUT2D eigenvalue weighted by molar-refractivity contribution is -0.119. The van der Waals surface area contributed by atoms with Gasteiger partial charge in [-0.1, -0.05) is 42.5 Å². The van der Waals surface area contributed by atoms with Gasteiger partial charge in [0.05, 0.1) is 4.90 Å². The molecule has 0 saturated carbocycles. The fraction of sp³-hybridized carbons (Fsp3) is 0.125. The van der Waals surface area contributed by atoms with E-state index in [1.54, 1.807) is 18.2 Å². The first-order valence-corrected chi connectivity index (χ1v) is 8.52. The Hall–Kier alpha value is -2.67. The molecule has 0 bridgehead atoms. The Kier molecular flexibility index (Phi) is 4.12. The maximum Gasteiger partial charge on any atom is 0.263 e. The van der Waals surface area contributed by atoms with Crippen LogP contribution in [0.15, 0.2) is 64.5 Å². The smallest absolute Gasteiger partial charge is 0.263 e. The largest absolute Gasteiger partial charge is 0.350 e. The summed E-state index contributed by atoms with van der Waals surface area (Å²) in [5.74, 6) is -0.0691. The second kappa shape index (κ2) is 6.21. The van der Waals surface area contributed by atoms with Crippen molar-refractivity contribution in [2.45, 2.75) is 11.4 Å². The predicted octanol–water partition coefficient (Wildman–Crippen LogP) is 1.04. The Morgan fingerprint density at radius 2 is 1.74 bits per heavy atom. The summed E-state index contributed by atoms with van der Waals surface area (Å²) < 4.78 is 26.2. The predicted molar refractivity (Wildman–Crippen MR) is 86.5 cm³/mol. The molecule has 3 rings (SSSR count). The second-order valence-electron chi connectivity index (χ2n) is 5.03. The van der Waals surface area contributed by atoms with Crippen LogP contribution in [0.5, 0.6) is 0 Å². The number of aliphatic imine (C=N–C) groups is 1. The van der Waals surface area contributed by atoms with Gasteiger partial charge in [0.15, 0.2) is 0 Å². The number of nitrogens with zero attached hydrogens (tertiary/aromatic N) is 1. The van der Waals surface area contributed by atoms with E-state index >= 15 is 0 Å². The molecule has 1 amide bonds. The van der Waals surface area contributed by atoms with Crippen LogP contribution in [0.1, 0.15) is 11.1 Å². The van der Waals surface area contributed by atoms with Crippen LogP contribution in [0, 0.1) is 0 Å². The summed E-state index contributed by atoms with van der Waals surface area (Å²) >= 11 is 0. The van der Waals surface area contributed by atoms with E-state index in [-0.39, 0.29) is 23.2 Å². The minimum Gasteiger partial charge on any atom is -0.350 e. The van der Waals surface area contributed by atoms with Gasteiger partial charge < -0.3 is 5.32 Å². The molecule has 1 aliphatic rings. The van der Waals surface area contributed by atoms with Crippen molar-refractivity contribution in [1.82, 2.24) is 10.0 Å². The number of fused-ring (bicyclic) bond motifs is 1. The zero-order valence-corrected chi connectivity index (χ0v) is 13.0. The number of amides is 1. The van der Waals surface area contributed by atoms with Crippen molar-refractivity contribution in [2.75, 3.05) is 6.54 Å². The van der Waals surface area contributed by atoms with E-state index in [0.29, 0.717) is 12.1 Å². The first-order chi connectivity index (χ1) is 11.1. The highest BCUT2D eigenvalue weighted by molar-refractivity contribution is 7.90. The lowest BCUT2D eigenvalue weighted by Crippen LogP contribution is -2.28. The number of sulfonamides is 1. The third-order valence-electron chi connectivity index (χ3n) is 3.38. The number of amidine groups is 1. The van der Waals surface area contributed by atoms with Gasteiger partial charge >= 0.3 is 0 Å². The lowest BCUT2D eigenvalue weighted by Gasteiger charge is -2.04. The van der Waals surface area contributed by atoms with E-state index in [0.717, 1.165) is 5.56 Å². The number of carbonyl (C=O) groups is 1. The normalized spacial score (nSPS) is 16.6. The van der Waals surface area contributed by atoms with Crippen molar-refractivity contribution < 1.29 is 13.2 Å². The topological polar surface area (TPSA) is 87.6 Å². The molecule has 6 nitrogen and oxygen atoms in total. The van der Waals surface area contributed by atoms with Crippen LogP contribution in [0.25, 0.3) is 0 Å². The van der Waals surface area contributed by atoms with E-state index in [4.69, 9.17) is 0 Å². The van der Waals surface area contributed by atoms with Crippen molar-refractivity contribution in [3.63, 3.8) is 0 Å². The minimum atomic E-state index is -3.57. The fourth-order valence-electron chi connectivity index (χ4n) is 2.25. The summed E-state index contributed by atoms with van der Waals surface area (Å²) in [5.41, 5.74) is 1.48. The first kappa shape index (κ1) is 15.2. The molecule has 0 spiro atoms. The van der Waals surface area contributed by atoms with Gasteiger partial charge in [-0.05, 0) is 17.7 Å². The molecule has 23 heavy (non-hydrogen) atoms. The van der Waals surface area contributed by atoms with E-state index in [1.165, 1.54) is 6.07 Å². The zero-order valence-electron chi connectivity index (χ0n) is 12.2. The van der Waals surface area contributed by atoms with E-state index in [2.05, 4.69) is 15.0 Å². The number of nitrogens with one attached hydrogen (secondary N) is 2. The lowest BCUT2D eigenvalue weighted by atomic mass is 10.2. The Balaban J connectivity index is 1.66. The van der Waals surface area contributed by atoms with Crippen LogP contribution in [0.4, 0.5) is 0 Å². The monoisotopic (exact) mass is 329 g/mol. The fourth-order valence-corrected chi connectivity index (χ4v) is 3.51. The molecule has 0 saturated heterocycles. The Labute approximate surface area is 134 Å². The van der Waals surface area contributed by atoms with E-state index < -0.39 is 10.0 Å². The molecular weight excluding hydrogens is 314 g/mol. The molecular formula is C16H15N3O3S. The number of hydrogen-bond donors (Lipinski definition) is 2. The molecule has 7 heteroatoms. The van der Waals surface area contributed by atoms with Gasteiger partial charge in [-0.15, -0.1) is 0 Å². The van der Waals surface area contributed by atoms with Crippen molar-refractivity contribution in [3.05, 3.63) is 65.7 Å². The van der Waals surface area contributed by atoms with E-state index in [1.807, 2.05) is 30.3 Å². The molecule has 1 heterocycles. The number of benzene rings is 2. The maximum absolute atomic E-state index is 11.9. The quantitative estimate of drug-likeness (QED) is 0.878. The highest BCUT2D eigenvalue weighted by Gasteiger charge is 2.30. The van der Waals surface area contributed by atoms with Crippen LogP contribution < -0.4 is 10.0 Å². The average Bonchev–Trinajstić information content (AvgIpc) is 2.83. The summed E-state index contributed by atoms with van der Waals surface area (Å²) in [5, 5.41) is 2.74. The second-order valence-corrected chi connectivity index (χ2v) is 6.68. The van der Waals surface area contributed by atoms with Crippen LogP contribution >= 0.6 is 0 Å². The third kappa shape index (κ3) is 3.40. The van der Waals surface area contributed by atoms with Gasteiger partial charge in [-0.3, -0.25) is 14.5 Å². The Bertz CT molecular complexity index is 861. The number of rotatable bonds is 4. The molecule has 2 aromatic carbocycles. The average molecular weight is 329 g/mol. The van der Waals surface area contributed by atoms with Gasteiger partial charge in [0.25, 0.3) is 10.0 Å². The molecule has 0 aliphatic carbocycles. The molecule has 1 aliphatic heterocycles. The van der Waals surface area contributed by atoms with Crippen LogP contribution in [-0.2, 0) is 21.4 Å². The standard InChI is InChI=1S/C16H15N3O3S/c20-15(17-10-12-6-2-1-3-7-12)11-18-16-13-8-4-5-9-14(13)23(21,22)19-16/h1-9H,10-11H2,(H,17,20)(H,18,19). The summed E-state index contributed by atoms with van der Waals surface area (Å²) in [6.07, 6.45) is 0. The molecule has 0 atom stereocenters. The van der Waals surface area contributed by atoms with Gasteiger partial charge in [-0.2, -0.15) is 0 Å². The summed E-state index contributed by atoms with van der Waals surface area (Å²) in [7, 11) is -3.57. The van der Waals surface area contributed by atoms with Crippen molar-refractivity contribution >= 4 is 21.8 Å². The van der Waals surface area contributed by atoms with Gasteiger partial charge in [0, 0.05) is 12.1 Å². The molecule has 0 aromatic heterocycles. The molecule has 2 N–H and O–H groups in total. The SMILES string of the molecule is O=C(CN=C1NS(=O)(=O)c2ccccc21)NCc1ccccc1. The summed E-state index contributed by atoms with van der Waals surface area (Å²) in [6.45, 7) is 0.270. The third-order valence-corrected chi connectivity index (χ3v) is 4.77. The molecule has 0 radical (unpaired) electrons. The van der Waals surface area contributed by atoms with Crippen LogP contribution in [-0.4, -0.2) is 26.7 Å². The maximum atomic E-state index is 11.9. The Morgan fingerprint density at radius 1 is 1.04 bits per heavy atom. The highest BCUT2D eigenvalue weighted by atomic mass is 32.2. The molecule has 0 fully saturated rings. The van der Waals surface area contributed by atoms with Crippen molar-refractivity contribution in [3.8, 4) is 0 Å². The highest BCUT2D eigenvalue weighted by Crippen LogP contribution is 2.21. The minimum absolute atomic E-state index is 0.140. The van der Waals surface area contributed by atoms with E-state index in [9.17, 15) is 13.2 Å².